The van der Waals surface area contributed by atoms with E-state index < -0.39 is 97.1 Å². The fourth-order valence-corrected chi connectivity index (χ4v) is 12.2. The van der Waals surface area contributed by atoms with Gasteiger partial charge in [-0.05, 0) is 175 Å². The molecule has 0 atom stereocenters. The quantitative estimate of drug-likeness (QED) is 0.0212. The molecular weight excluding hydrogens is 1430 g/mol. The summed E-state index contributed by atoms with van der Waals surface area (Å²) in [7, 11) is -8.26. The zero-order valence-corrected chi connectivity index (χ0v) is 59.8. The molecule has 24 nitrogen and oxygen atoms in total. The first-order chi connectivity index (χ1) is 46.0. The summed E-state index contributed by atoms with van der Waals surface area (Å²) in [4.78, 5) is 58.3. The minimum atomic E-state index is -4.19. The average Bonchev–Trinajstić information content (AvgIpc) is 0.792. The second-order valence-corrected chi connectivity index (χ2v) is 29.0. The standard InChI is InChI=1S/C34H38ClF2N4O8P.C22H29FNO7P.C11H9ClFN3O.4CH4/c1-8-45-26-14-16-41(22-10-11-23(36)20(17-22)19-46-50(44,48-33(2,3)4)49-34(5,6)7)32(43)28(26)31(42)40-21-9-12-25(24(37)18-21)47-27-13-15-39-30(38)29(27)35;1-15-10-11-24(20(26)19(15)28-14-25)17-8-9-18(23)16(12-17)13-29-32(27,30-21(2,3)4)31-22(5,6)7;12-10-9(3-4-16-11(10)15)17-8-2-1-6(14)5-7(8)13;;;;/h9-18H,8,19H2,1-7H3,(H2,38,39)(H,40,42);8-12,14H,13H2,1-7H3;1-5H,14H2,(H2,15,16);4*1H4. The van der Waals surface area contributed by atoms with Gasteiger partial charge in [-0.2, -0.15) is 0 Å². The number of nitrogen functional groups attached to an aromatic ring is 3. The van der Waals surface area contributed by atoms with Crippen LogP contribution in [0.15, 0.2) is 131 Å². The third-order valence-electron chi connectivity index (χ3n) is 12.3. The number of halogens is 6. The number of pyridine rings is 4. The van der Waals surface area contributed by atoms with Gasteiger partial charge in [-0.1, -0.05) is 52.9 Å². The Bertz CT molecular complexity index is 4430. The first kappa shape index (κ1) is 90.4. The molecule has 0 saturated carbocycles. The lowest BCUT2D eigenvalue weighted by atomic mass is 10.1. The number of hydrogen-bond acceptors (Lipinski definition) is 21. The topological polar surface area (TPSA) is 320 Å². The van der Waals surface area contributed by atoms with Crippen molar-refractivity contribution >= 4 is 74.2 Å². The number of phosphoric ester groups is 2. The maximum Gasteiger partial charge on any atom is 0.476 e. The van der Waals surface area contributed by atoms with Crippen molar-refractivity contribution in [1.82, 2.24) is 19.1 Å². The minimum absolute atomic E-state index is 0. The highest BCUT2D eigenvalue weighted by atomic mass is 35.5. The highest BCUT2D eigenvalue weighted by Crippen LogP contribution is 2.57. The number of amides is 1. The Labute approximate surface area is 608 Å². The summed E-state index contributed by atoms with van der Waals surface area (Å²) in [5, 5.41) is 2.64. The van der Waals surface area contributed by atoms with Gasteiger partial charge in [-0.3, -0.25) is 55.5 Å². The van der Waals surface area contributed by atoms with Gasteiger partial charge in [0.2, 0.25) is 0 Å². The number of hydrogen-bond donors (Lipinski definition) is 4. The van der Waals surface area contributed by atoms with Crippen LogP contribution in [0.3, 0.4) is 0 Å². The van der Waals surface area contributed by atoms with E-state index in [4.69, 9.17) is 86.5 Å². The molecule has 1 amide bonds. The molecule has 0 spiro atoms. The summed E-state index contributed by atoms with van der Waals surface area (Å²) in [5.41, 5.74) is 12.5. The van der Waals surface area contributed by atoms with Gasteiger partial charge < -0.3 is 41.5 Å². The van der Waals surface area contributed by atoms with Gasteiger partial charge in [-0.15, -0.1) is 0 Å². The predicted molar refractivity (Wildman–Crippen MR) is 394 cm³/mol. The van der Waals surface area contributed by atoms with E-state index >= 15 is 4.39 Å². The SMILES string of the molecule is C.C.C.C.CCOc1ccn(-c2ccc(F)c(COP(=O)(OC(C)(C)C)OC(C)(C)C)c2)c(=O)c1C(=O)Nc1ccc(Oc2ccnc(N)c2Cl)c(F)c1.Cc1ccn(-c2ccc(F)c(COP(=O)(OC(C)(C)C)OC(C)(C)C)c2)c(=O)c1OC=O.Nc1ccc(Oc2ccnc(N)c2Cl)c(F)c1. The van der Waals surface area contributed by atoms with Crippen LogP contribution in [-0.2, 0) is 54.3 Å². The smallest absolute Gasteiger partial charge is 0.476 e. The number of carbonyl (C=O) groups is 2. The fourth-order valence-electron chi connectivity index (χ4n) is 8.37. The molecule has 103 heavy (non-hydrogen) atoms. The molecule has 4 aromatic carbocycles. The Morgan fingerprint density at radius 1 is 0.553 bits per heavy atom. The Morgan fingerprint density at radius 2 is 0.971 bits per heavy atom. The molecule has 0 bridgehead atoms. The largest absolute Gasteiger partial charge is 0.493 e. The number of benzene rings is 4. The number of aromatic nitrogens is 4. The van der Waals surface area contributed by atoms with E-state index in [2.05, 4.69) is 15.3 Å². The van der Waals surface area contributed by atoms with Crippen molar-refractivity contribution in [3.8, 4) is 45.9 Å². The molecule has 0 aliphatic heterocycles. The van der Waals surface area contributed by atoms with Gasteiger partial charge in [0.05, 0.1) is 42.2 Å². The lowest BCUT2D eigenvalue weighted by Crippen LogP contribution is -2.29. The van der Waals surface area contributed by atoms with Gasteiger partial charge in [0.25, 0.3) is 23.5 Å². The molecular formula is C71H92Cl2F4N8O16P2. The Kier molecular flexibility index (Phi) is 33.1. The van der Waals surface area contributed by atoms with Crippen LogP contribution < -0.4 is 52.6 Å². The number of anilines is 4. The zero-order valence-electron chi connectivity index (χ0n) is 56.5. The summed E-state index contributed by atoms with van der Waals surface area (Å²) < 4.78 is 141. The van der Waals surface area contributed by atoms with E-state index in [0.717, 1.165) is 28.8 Å². The molecule has 32 heteroatoms. The molecule has 8 aromatic rings. The molecule has 0 aliphatic rings. The summed E-state index contributed by atoms with van der Waals surface area (Å²) in [6.45, 7) is 22.8. The third-order valence-corrected chi connectivity index (χ3v) is 17.0. The lowest BCUT2D eigenvalue weighted by Gasteiger charge is -2.31. The van der Waals surface area contributed by atoms with Crippen LogP contribution in [-0.4, -0.2) is 60.5 Å². The summed E-state index contributed by atoms with van der Waals surface area (Å²) in [5.74, 6) is -3.60. The van der Waals surface area contributed by atoms with Gasteiger partial charge in [0.1, 0.15) is 44.6 Å². The zero-order chi connectivity index (χ0) is 73.8. The van der Waals surface area contributed by atoms with Gasteiger partial charge >= 0.3 is 15.6 Å². The number of phosphoric acid groups is 2. The van der Waals surface area contributed by atoms with Crippen LogP contribution in [0, 0.1) is 30.2 Å². The van der Waals surface area contributed by atoms with Crippen LogP contribution in [0.1, 0.15) is 147 Å². The first-order valence-electron chi connectivity index (χ1n) is 29.9. The highest BCUT2D eigenvalue weighted by Gasteiger charge is 2.39. The summed E-state index contributed by atoms with van der Waals surface area (Å²) in [6, 6.07) is 21.2. The van der Waals surface area contributed by atoms with E-state index in [1.54, 1.807) is 103 Å². The summed E-state index contributed by atoms with van der Waals surface area (Å²) in [6.07, 6.45) is 5.59. The van der Waals surface area contributed by atoms with E-state index in [0.29, 0.717) is 16.9 Å². The van der Waals surface area contributed by atoms with Gasteiger partial charge in [-0.25, -0.2) is 36.7 Å². The van der Waals surface area contributed by atoms with E-state index in [1.807, 2.05) is 0 Å². The molecule has 4 heterocycles. The lowest BCUT2D eigenvalue weighted by molar-refractivity contribution is -0.120. The average molecular weight is 1520 g/mol. The van der Waals surface area contributed by atoms with Crippen molar-refractivity contribution < 1.29 is 82.4 Å². The molecule has 8 rings (SSSR count). The maximum absolute atomic E-state index is 15.0. The maximum atomic E-state index is 15.0. The number of rotatable bonds is 22. The molecule has 0 fully saturated rings. The predicted octanol–water partition coefficient (Wildman–Crippen LogP) is 18.9. The van der Waals surface area contributed by atoms with E-state index in [9.17, 15) is 41.5 Å². The molecule has 0 unspecified atom stereocenters. The van der Waals surface area contributed by atoms with Crippen LogP contribution >= 0.6 is 38.8 Å². The molecule has 0 aliphatic carbocycles. The number of nitrogens with zero attached hydrogens (tertiary/aromatic N) is 4. The minimum Gasteiger partial charge on any atom is -0.493 e. The van der Waals surface area contributed by atoms with Crippen LogP contribution in [0.25, 0.3) is 11.4 Å². The van der Waals surface area contributed by atoms with Crippen molar-refractivity contribution in [2.24, 2.45) is 0 Å². The van der Waals surface area contributed by atoms with Crippen molar-refractivity contribution in [3.63, 3.8) is 0 Å². The van der Waals surface area contributed by atoms with E-state index in [-0.39, 0.29) is 121 Å². The number of nitrogens with two attached hydrogens (primary N) is 3. The van der Waals surface area contributed by atoms with Crippen molar-refractivity contribution in [1.29, 1.82) is 0 Å². The van der Waals surface area contributed by atoms with Crippen LogP contribution in [0.5, 0.6) is 34.5 Å². The van der Waals surface area contributed by atoms with Crippen LogP contribution in [0.2, 0.25) is 10.0 Å². The second kappa shape index (κ2) is 37.7. The Morgan fingerprint density at radius 3 is 1.38 bits per heavy atom. The Balaban J connectivity index is 0.000000580. The number of carbonyl (C=O) groups excluding carboxylic acids is 2. The van der Waals surface area contributed by atoms with Gasteiger partial charge in [0, 0.05) is 82.9 Å². The van der Waals surface area contributed by atoms with Crippen LogP contribution in [0.4, 0.5) is 40.6 Å². The van der Waals surface area contributed by atoms with E-state index in [1.165, 1.54) is 96.1 Å². The second-order valence-electron chi connectivity index (χ2n) is 25.2. The fraction of sp³-hybridized carbons (Fsp3) is 0.352. The molecule has 0 saturated heterocycles. The van der Waals surface area contributed by atoms with Crippen molar-refractivity contribution in [2.45, 2.75) is 162 Å². The number of ether oxygens (including phenoxy) is 4. The third kappa shape index (κ3) is 26.5. The molecule has 4 aromatic heterocycles. The normalized spacial score (nSPS) is 11.5. The molecule has 0 radical (unpaired) electrons. The number of aryl methyl sites for hydroxylation is 1. The van der Waals surface area contributed by atoms with Gasteiger partial charge in [0.15, 0.2) is 40.4 Å². The number of nitrogens with one attached hydrogen (secondary N) is 1. The highest BCUT2D eigenvalue weighted by molar-refractivity contribution is 7.48. The molecule has 7 N–H and O–H groups in total. The summed E-state index contributed by atoms with van der Waals surface area (Å²) >= 11 is 12.0. The molecule has 564 valence electrons. The first-order valence-corrected chi connectivity index (χ1v) is 33.6. The Hall–Kier alpha value is -8.66. The van der Waals surface area contributed by atoms with Crippen molar-refractivity contribution in [2.75, 3.05) is 29.1 Å². The monoisotopic (exact) mass is 1520 g/mol. The van der Waals surface area contributed by atoms with Crippen molar-refractivity contribution in [3.05, 3.63) is 198 Å².